The van der Waals surface area contributed by atoms with E-state index in [1.54, 1.807) is 12.1 Å². The van der Waals surface area contributed by atoms with E-state index in [1.807, 2.05) is 4.90 Å². The summed E-state index contributed by atoms with van der Waals surface area (Å²) in [6.45, 7) is 7.42. The molecule has 0 spiro atoms. The number of nitrogens with zero attached hydrogens (tertiary/aromatic N) is 5. The summed E-state index contributed by atoms with van der Waals surface area (Å²) < 4.78 is 52.5. The molecule has 0 radical (unpaired) electrons. The standard InChI is InChI=1S/C32H36BrN5O14/c1-15(39)38-13-22(50-29-28(49-19(5)43)27(48-18(4)42)26(47-17(3)41)23(51-29)14-46-16(2)40)24-20(38)7-8-21(25(24)33)52-32-35-30(34-31(36-32)44-6)37-9-11-45-12-10-37/h7-8,13,23,26-29H,9-12,14H2,1-6H3/t23-,26-,27+,28-,29-/m1/s1. The van der Waals surface area contributed by atoms with Crippen molar-refractivity contribution >= 4 is 62.6 Å². The number of methoxy groups -OCH3 is 1. The van der Waals surface area contributed by atoms with Crippen molar-refractivity contribution in [3.8, 4) is 23.5 Å². The van der Waals surface area contributed by atoms with Crippen molar-refractivity contribution in [3.05, 3.63) is 22.8 Å². The van der Waals surface area contributed by atoms with Crippen molar-refractivity contribution in [1.29, 1.82) is 0 Å². The third-order valence-electron chi connectivity index (χ3n) is 7.63. The number of hydrogen-bond donors (Lipinski definition) is 0. The fraction of sp³-hybridized carbons (Fsp3) is 0.500. The van der Waals surface area contributed by atoms with Crippen molar-refractivity contribution in [2.45, 2.75) is 65.3 Å². The molecule has 0 bridgehead atoms. The summed E-state index contributed by atoms with van der Waals surface area (Å²) in [5.74, 6) is -2.94. The molecule has 0 amide bonds. The van der Waals surface area contributed by atoms with Crippen LogP contribution in [0.5, 0.6) is 23.5 Å². The zero-order valence-corrected chi connectivity index (χ0v) is 30.6. The predicted molar refractivity (Wildman–Crippen MR) is 178 cm³/mol. The third kappa shape index (κ3) is 8.86. The Balaban J connectivity index is 1.57. The summed E-state index contributed by atoms with van der Waals surface area (Å²) in [6.07, 6.45) is -5.87. The smallest absolute Gasteiger partial charge is 0.330 e. The van der Waals surface area contributed by atoms with Gasteiger partial charge < -0.3 is 47.5 Å². The Labute approximate surface area is 304 Å². The van der Waals surface area contributed by atoms with Gasteiger partial charge in [-0.2, -0.15) is 9.97 Å². The molecule has 2 saturated heterocycles. The lowest BCUT2D eigenvalue weighted by Gasteiger charge is -2.43. The first-order chi connectivity index (χ1) is 24.7. The fourth-order valence-corrected chi connectivity index (χ4v) is 6.15. The molecule has 52 heavy (non-hydrogen) atoms. The highest BCUT2D eigenvalue weighted by Gasteiger charge is 2.53. The van der Waals surface area contributed by atoms with Crippen LogP contribution in [0.3, 0.4) is 0 Å². The lowest BCUT2D eigenvalue weighted by molar-refractivity contribution is -0.288. The second-order valence-corrected chi connectivity index (χ2v) is 12.2. The molecule has 0 saturated carbocycles. The number of ether oxygens (including phenoxy) is 9. The predicted octanol–water partition coefficient (Wildman–Crippen LogP) is 2.35. The van der Waals surface area contributed by atoms with Crippen molar-refractivity contribution in [3.63, 3.8) is 0 Å². The summed E-state index contributed by atoms with van der Waals surface area (Å²) in [5.41, 5.74) is 0.370. The molecule has 5 rings (SSSR count). The quantitative estimate of drug-likeness (QED) is 0.201. The Hall–Kier alpha value is -5.08. The number of anilines is 1. The maximum absolute atomic E-state index is 12.8. The normalized spacial score (nSPS) is 21.5. The average molecular weight is 795 g/mol. The average Bonchev–Trinajstić information content (AvgIpc) is 3.46. The van der Waals surface area contributed by atoms with Crippen LogP contribution in [0.15, 0.2) is 22.8 Å². The van der Waals surface area contributed by atoms with Crippen LogP contribution in [-0.4, -0.2) is 120 Å². The van der Waals surface area contributed by atoms with Crippen LogP contribution in [-0.2, 0) is 47.6 Å². The molecule has 2 aliphatic heterocycles. The number of halogens is 1. The van der Waals surface area contributed by atoms with Crippen molar-refractivity contribution in [2.24, 2.45) is 0 Å². The monoisotopic (exact) mass is 793 g/mol. The maximum atomic E-state index is 12.8. The maximum Gasteiger partial charge on any atom is 0.330 e. The van der Waals surface area contributed by atoms with Gasteiger partial charge in [-0.15, -0.1) is 4.98 Å². The van der Waals surface area contributed by atoms with Crippen LogP contribution in [0, 0.1) is 0 Å². The minimum atomic E-state index is -1.58. The Bertz CT molecular complexity index is 1850. The van der Waals surface area contributed by atoms with Gasteiger partial charge in [-0.25, -0.2) is 0 Å². The summed E-state index contributed by atoms with van der Waals surface area (Å²) >= 11 is 3.57. The molecule has 19 nitrogen and oxygen atoms in total. The molecule has 2 aromatic heterocycles. The Kier molecular flexibility index (Phi) is 12.1. The molecule has 3 aromatic rings. The first-order valence-electron chi connectivity index (χ1n) is 15.9. The highest BCUT2D eigenvalue weighted by atomic mass is 79.9. The zero-order valence-electron chi connectivity index (χ0n) is 29.0. The number of carbonyl (C=O) groups excluding carboxylic acids is 5. The number of morpholine rings is 1. The van der Waals surface area contributed by atoms with Crippen molar-refractivity contribution in [2.75, 3.05) is 44.9 Å². The van der Waals surface area contributed by atoms with E-state index in [-0.39, 0.29) is 33.9 Å². The minimum absolute atomic E-state index is 0.0131. The molecular formula is C32H36BrN5O14. The van der Waals surface area contributed by atoms with Gasteiger partial charge in [-0.1, -0.05) is 0 Å². The Morgan fingerprint density at radius 1 is 0.827 bits per heavy atom. The number of aromatic nitrogens is 4. The van der Waals surface area contributed by atoms with Crippen LogP contribution < -0.4 is 19.1 Å². The number of esters is 4. The first-order valence-corrected chi connectivity index (χ1v) is 16.7. The molecule has 280 valence electrons. The Morgan fingerprint density at radius 3 is 2.08 bits per heavy atom. The molecule has 0 unspecified atom stereocenters. The van der Waals surface area contributed by atoms with Gasteiger partial charge in [0.2, 0.25) is 24.2 Å². The largest absolute Gasteiger partial charge is 0.467 e. The van der Waals surface area contributed by atoms with E-state index in [4.69, 9.17) is 42.6 Å². The van der Waals surface area contributed by atoms with Gasteiger partial charge in [-0.3, -0.25) is 28.5 Å². The van der Waals surface area contributed by atoms with E-state index in [0.717, 1.165) is 27.7 Å². The fourth-order valence-electron chi connectivity index (χ4n) is 5.54. The number of rotatable bonds is 11. The highest BCUT2D eigenvalue weighted by molar-refractivity contribution is 9.10. The molecule has 20 heteroatoms. The number of carbonyl (C=O) groups is 5. The first kappa shape index (κ1) is 38.2. The van der Waals surface area contributed by atoms with E-state index in [2.05, 4.69) is 30.9 Å². The lowest BCUT2D eigenvalue weighted by Crippen LogP contribution is -2.63. The third-order valence-corrected chi connectivity index (χ3v) is 8.42. The topological polar surface area (TPSA) is 215 Å². The molecular weight excluding hydrogens is 758 g/mol. The van der Waals surface area contributed by atoms with Crippen LogP contribution in [0.2, 0.25) is 0 Å². The van der Waals surface area contributed by atoms with Gasteiger partial charge in [0.1, 0.15) is 24.2 Å². The van der Waals surface area contributed by atoms with E-state index >= 15 is 0 Å². The van der Waals surface area contributed by atoms with Gasteiger partial charge in [-0.05, 0) is 28.1 Å². The summed E-state index contributed by atoms with van der Waals surface area (Å²) in [6, 6.07) is 3.09. The van der Waals surface area contributed by atoms with Crippen LogP contribution in [0.4, 0.5) is 5.95 Å². The SMILES string of the molecule is COc1nc(Oc2ccc3c(c(O[C@@H]4O[C@H](COC(C)=O)[C@@H](OC(C)=O)[C@H](OC(C)=O)[C@H]4OC(C)=O)cn3C(C)=O)c2Br)nc(N2CCOCC2)n1. The van der Waals surface area contributed by atoms with Gasteiger partial charge >= 0.3 is 35.9 Å². The molecule has 5 atom stereocenters. The molecule has 2 aliphatic rings. The van der Waals surface area contributed by atoms with E-state index in [9.17, 15) is 24.0 Å². The van der Waals surface area contributed by atoms with Crippen LogP contribution >= 0.6 is 15.9 Å². The lowest BCUT2D eigenvalue weighted by atomic mass is 9.98. The van der Waals surface area contributed by atoms with Crippen molar-refractivity contribution in [1.82, 2.24) is 19.5 Å². The van der Waals surface area contributed by atoms with Crippen LogP contribution in [0.1, 0.15) is 39.4 Å². The van der Waals surface area contributed by atoms with Gasteiger partial charge in [0.15, 0.2) is 12.2 Å². The Morgan fingerprint density at radius 2 is 1.46 bits per heavy atom. The highest BCUT2D eigenvalue weighted by Crippen LogP contribution is 2.43. The number of hydrogen-bond acceptors (Lipinski definition) is 18. The minimum Gasteiger partial charge on any atom is -0.467 e. The number of fused-ring (bicyclic) bond motifs is 1. The molecule has 1 aromatic carbocycles. The molecule has 2 fully saturated rings. The van der Waals surface area contributed by atoms with E-state index in [0.29, 0.717) is 43.2 Å². The summed E-state index contributed by atoms with van der Waals surface area (Å²) in [5, 5.41) is 0.301. The van der Waals surface area contributed by atoms with E-state index in [1.165, 1.54) is 24.8 Å². The zero-order chi connectivity index (χ0) is 37.7. The van der Waals surface area contributed by atoms with Crippen molar-refractivity contribution < 1.29 is 66.6 Å². The van der Waals surface area contributed by atoms with Gasteiger partial charge in [0.05, 0.1) is 41.9 Å². The molecule has 4 heterocycles. The summed E-state index contributed by atoms with van der Waals surface area (Å²) in [7, 11) is 1.41. The second kappa shape index (κ2) is 16.5. The molecule has 0 aliphatic carbocycles. The second-order valence-electron chi connectivity index (χ2n) is 11.4. The van der Waals surface area contributed by atoms with Gasteiger partial charge in [0.25, 0.3) is 0 Å². The van der Waals surface area contributed by atoms with Gasteiger partial charge in [0, 0.05) is 47.7 Å². The number of benzene rings is 1. The molecule has 0 N–H and O–H groups in total. The summed E-state index contributed by atoms with van der Waals surface area (Å²) in [4.78, 5) is 76.2. The van der Waals surface area contributed by atoms with Crippen LogP contribution in [0.25, 0.3) is 10.9 Å². The van der Waals surface area contributed by atoms with E-state index < -0.39 is 61.2 Å².